The summed E-state index contributed by atoms with van der Waals surface area (Å²) in [6.45, 7) is -0.0264. The van der Waals surface area contributed by atoms with E-state index in [1.54, 1.807) is 32.4 Å². The van der Waals surface area contributed by atoms with Crippen LogP contribution in [-0.4, -0.2) is 47.7 Å². The lowest BCUT2D eigenvalue weighted by Crippen LogP contribution is -2.38. The van der Waals surface area contributed by atoms with Crippen molar-refractivity contribution in [3.63, 3.8) is 0 Å². The average Bonchev–Trinajstić information content (AvgIpc) is 3.41. The van der Waals surface area contributed by atoms with E-state index in [0.29, 0.717) is 17.0 Å². The predicted octanol–water partition coefficient (Wildman–Crippen LogP) is 5.02. The fourth-order valence-corrected chi connectivity index (χ4v) is 6.11. The Balaban J connectivity index is 1.40. The Labute approximate surface area is 258 Å². The van der Waals surface area contributed by atoms with Gasteiger partial charge in [0, 0.05) is 6.42 Å². The molecule has 5 aromatic rings. The molecule has 2 heterocycles. The topological polar surface area (TPSA) is 112 Å². The number of hydrogen-bond donors (Lipinski definition) is 2. The maximum absolute atomic E-state index is 13.0. The lowest BCUT2D eigenvalue weighted by molar-refractivity contribution is -0.0936. The van der Waals surface area contributed by atoms with Crippen LogP contribution in [0.1, 0.15) is 29.3 Å². The van der Waals surface area contributed by atoms with Gasteiger partial charge in [0.25, 0.3) is 5.56 Å². The highest BCUT2D eigenvalue weighted by atomic mass is 35.5. The third-order valence-corrected chi connectivity index (χ3v) is 8.36. The van der Waals surface area contributed by atoms with E-state index in [1.165, 1.54) is 4.57 Å². The first-order valence-electron chi connectivity index (χ1n) is 14.1. The predicted molar refractivity (Wildman–Crippen MR) is 167 cm³/mol. The maximum Gasteiger partial charge on any atom is 0.330 e. The number of benzene rings is 4. The Kier molecular flexibility index (Phi) is 8.29. The molecule has 1 aliphatic rings. The van der Waals surface area contributed by atoms with Crippen molar-refractivity contribution in [2.75, 3.05) is 20.8 Å². The first-order valence-corrected chi connectivity index (χ1v) is 14.5. The smallest absolute Gasteiger partial charge is 0.330 e. The van der Waals surface area contributed by atoms with Crippen LogP contribution in [0.3, 0.4) is 0 Å². The summed E-state index contributed by atoms with van der Waals surface area (Å²) in [7, 11) is 3.22. The van der Waals surface area contributed by atoms with Crippen molar-refractivity contribution in [1.82, 2.24) is 9.55 Å². The number of hydrogen-bond acceptors (Lipinski definition) is 7. The molecule has 1 aliphatic heterocycles. The van der Waals surface area contributed by atoms with E-state index in [2.05, 4.69) is 4.98 Å². The molecule has 0 saturated carbocycles. The van der Waals surface area contributed by atoms with Gasteiger partial charge >= 0.3 is 5.69 Å². The number of aromatic nitrogens is 2. The molecule has 0 spiro atoms. The molecule has 9 nitrogen and oxygen atoms in total. The van der Waals surface area contributed by atoms with Gasteiger partial charge in [-0.15, -0.1) is 0 Å². The van der Waals surface area contributed by atoms with Crippen molar-refractivity contribution in [3.8, 4) is 11.5 Å². The molecule has 3 atom stereocenters. The van der Waals surface area contributed by atoms with Crippen molar-refractivity contribution in [3.05, 3.63) is 140 Å². The third-order valence-electron chi connectivity index (χ3n) is 8.05. The van der Waals surface area contributed by atoms with Crippen molar-refractivity contribution >= 4 is 22.5 Å². The van der Waals surface area contributed by atoms with E-state index in [1.807, 2.05) is 78.9 Å². The summed E-state index contributed by atoms with van der Waals surface area (Å²) in [4.78, 5) is 27.9. The standard InChI is InChI=1S/C34H31ClN2O7/c1-41-24-15-11-22(12-16-24)34(21-7-4-3-5-8-21,23-13-17-25(42-2)18-14-23)43-20-29-28(38)19-30(44-29)37-27-10-6-9-26(35)31(27)32(39)36-33(37)40/h3-18,28-30,38H,19-20H2,1-2H3,(H,36,39,40)/t28-,29+,30+/m0/s1. The SMILES string of the molecule is COc1ccc(C(OC[C@H]2O[C@@H](n3c(=O)[nH]c(=O)c4c(Cl)cccc43)C[C@@H]2O)(c2ccccc2)c2ccc(OC)cc2)cc1. The summed E-state index contributed by atoms with van der Waals surface area (Å²) in [5.74, 6) is 1.39. The van der Waals surface area contributed by atoms with Crippen molar-refractivity contribution < 1.29 is 24.1 Å². The molecule has 0 unspecified atom stereocenters. The molecule has 1 aromatic heterocycles. The van der Waals surface area contributed by atoms with Gasteiger partial charge in [0.15, 0.2) is 0 Å². The second-order valence-corrected chi connectivity index (χ2v) is 10.9. The second kappa shape index (κ2) is 12.3. The number of aromatic amines is 1. The van der Waals surface area contributed by atoms with E-state index in [-0.39, 0.29) is 23.4 Å². The van der Waals surface area contributed by atoms with Crippen LogP contribution in [0.25, 0.3) is 10.9 Å². The first-order chi connectivity index (χ1) is 21.3. The van der Waals surface area contributed by atoms with Crippen LogP contribution in [0, 0.1) is 0 Å². The summed E-state index contributed by atoms with van der Waals surface area (Å²) in [5.41, 5.74) is 0.482. The number of ether oxygens (including phenoxy) is 4. The molecule has 44 heavy (non-hydrogen) atoms. The fraction of sp³-hybridized carbons (Fsp3) is 0.235. The molecule has 6 rings (SSSR count). The maximum atomic E-state index is 13.0. The highest BCUT2D eigenvalue weighted by Gasteiger charge is 2.42. The lowest BCUT2D eigenvalue weighted by Gasteiger charge is -2.37. The molecular formula is C34H31ClN2O7. The van der Waals surface area contributed by atoms with Crippen LogP contribution in [-0.2, 0) is 15.1 Å². The van der Waals surface area contributed by atoms with Gasteiger partial charge in [-0.05, 0) is 53.1 Å². The highest BCUT2D eigenvalue weighted by molar-refractivity contribution is 6.35. The molecule has 0 radical (unpaired) electrons. The van der Waals surface area contributed by atoms with Crippen LogP contribution in [0.15, 0.2) is 107 Å². The van der Waals surface area contributed by atoms with E-state index >= 15 is 0 Å². The minimum Gasteiger partial charge on any atom is -0.497 e. The zero-order chi connectivity index (χ0) is 30.8. The van der Waals surface area contributed by atoms with Gasteiger partial charge in [0.05, 0.1) is 42.9 Å². The number of aliphatic hydroxyl groups excluding tert-OH is 1. The molecule has 2 N–H and O–H groups in total. The molecule has 1 saturated heterocycles. The molecule has 226 valence electrons. The van der Waals surface area contributed by atoms with E-state index in [4.69, 9.17) is 30.5 Å². The van der Waals surface area contributed by atoms with Crippen LogP contribution in [0.5, 0.6) is 11.5 Å². The fourth-order valence-electron chi connectivity index (χ4n) is 5.86. The number of methoxy groups -OCH3 is 2. The van der Waals surface area contributed by atoms with Crippen molar-refractivity contribution in [2.24, 2.45) is 0 Å². The minimum atomic E-state index is -1.12. The summed E-state index contributed by atoms with van der Waals surface area (Å²) in [6.07, 6.45) is -2.52. The van der Waals surface area contributed by atoms with E-state index < -0.39 is 35.3 Å². The van der Waals surface area contributed by atoms with Crippen LogP contribution < -0.4 is 20.7 Å². The third kappa shape index (κ3) is 5.28. The van der Waals surface area contributed by atoms with Gasteiger partial charge in [-0.2, -0.15) is 0 Å². The zero-order valence-corrected chi connectivity index (χ0v) is 24.9. The van der Waals surface area contributed by atoms with E-state index in [9.17, 15) is 14.7 Å². The van der Waals surface area contributed by atoms with E-state index in [0.717, 1.165) is 16.7 Å². The van der Waals surface area contributed by atoms with Crippen LogP contribution >= 0.6 is 11.6 Å². The largest absolute Gasteiger partial charge is 0.497 e. The van der Waals surface area contributed by atoms with Gasteiger partial charge < -0.3 is 24.1 Å². The summed E-state index contributed by atoms with van der Waals surface area (Å²) in [5, 5.41) is 11.6. The highest BCUT2D eigenvalue weighted by Crippen LogP contribution is 2.43. The molecule has 0 aliphatic carbocycles. The van der Waals surface area contributed by atoms with Crippen molar-refractivity contribution in [2.45, 2.75) is 30.5 Å². The number of H-pyrrole nitrogens is 1. The molecule has 0 amide bonds. The number of fused-ring (bicyclic) bond motifs is 1. The summed E-state index contributed by atoms with van der Waals surface area (Å²) >= 11 is 6.30. The Hall–Kier alpha value is -4.41. The number of nitrogens with zero attached hydrogens (tertiary/aromatic N) is 1. The van der Waals surface area contributed by atoms with Gasteiger partial charge in [0.1, 0.15) is 29.4 Å². The number of halogens is 1. The van der Waals surface area contributed by atoms with Crippen LogP contribution in [0.4, 0.5) is 0 Å². The quantitative estimate of drug-likeness (QED) is 0.224. The minimum absolute atomic E-state index is 0.0264. The zero-order valence-electron chi connectivity index (χ0n) is 24.1. The van der Waals surface area contributed by atoms with Crippen molar-refractivity contribution in [1.29, 1.82) is 0 Å². The molecule has 0 bridgehead atoms. The Morgan fingerprint density at radius 3 is 2.05 bits per heavy atom. The van der Waals surface area contributed by atoms with Gasteiger partial charge in [-0.1, -0.05) is 72.3 Å². The molecule has 1 fully saturated rings. The molecular weight excluding hydrogens is 584 g/mol. The second-order valence-electron chi connectivity index (χ2n) is 10.5. The lowest BCUT2D eigenvalue weighted by atomic mass is 9.80. The van der Waals surface area contributed by atoms with Gasteiger partial charge in [-0.3, -0.25) is 14.3 Å². The molecule has 4 aromatic carbocycles. The number of aliphatic hydroxyl groups is 1. The number of rotatable bonds is 9. The van der Waals surface area contributed by atoms with Gasteiger partial charge in [0.2, 0.25) is 0 Å². The Morgan fingerprint density at radius 2 is 1.45 bits per heavy atom. The Bertz CT molecular complexity index is 1820. The summed E-state index contributed by atoms with van der Waals surface area (Å²) < 4.78 is 25.3. The molecule has 10 heteroatoms. The number of nitrogens with one attached hydrogen (secondary N) is 1. The van der Waals surface area contributed by atoms with Gasteiger partial charge in [-0.25, -0.2) is 4.79 Å². The van der Waals surface area contributed by atoms with Crippen LogP contribution in [0.2, 0.25) is 5.02 Å². The monoisotopic (exact) mass is 614 g/mol. The first kappa shape index (κ1) is 29.7. The average molecular weight is 615 g/mol. The Morgan fingerprint density at radius 1 is 0.864 bits per heavy atom. The normalized spacial score (nSPS) is 18.4. The summed E-state index contributed by atoms with van der Waals surface area (Å²) in [6, 6.07) is 29.9.